The SMILES string of the molecule is C#CC1=NC(C2CCCN2C(=O)C(NC(=O)OC)C(CC)CC)NC1. The zero-order valence-electron chi connectivity index (χ0n) is 15.2. The third-order valence-corrected chi connectivity index (χ3v) is 5.13. The van der Waals surface area contributed by atoms with Crippen molar-refractivity contribution in [2.24, 2.45) is 10.9 Å². The lowest BCUT2D eigenvalue weighted by molar-refractivity contribution is -0.136. The molecule has 0 aliphatic carbocycles. The summed E-state index contributed by atoms with van der Waals surface area (Å²) >= 11 is 0. The van der Waals surface area contributed by atoms with Crippen LogP contribution in [0.15, 0.2) is 4.99 Å². The van der Waals surface area contributed by atoms with Crippen LogP contribution in [0.3, 0.4) is 0 Å². The molecule has 2 aliphatic heterocycles. The highest BCUT2D eigenvalue weighted by atomic mass is 16.5. The van der Waals surface area contributed by atoms with E-state index in [4.69, 9.17) is 11.2 Å². The number of hydrogen-bond acceptors (Lipinski definition) is 5. The molecule has 0 aromatic rings. The Morgan fingerprint density at radius 1 is 1.48 bits per heavy atom. The van der Waals surface area contributed by atoms with Crippen LogP contribution in [0.2, 0.25) is 0 Å². The minimum absolute atomic E-state index is 0.0327. The minimum atomic E-state index is -0.583. The summed E-state index contributed by atoms with van der Waals surface area (Å²) in [5, 5.41) is 6.02. The molecule has 7 nitrogen and oxygen atoms in total. The minimum Gasteiger partial charge on any atom is -0.453 e. The van der Waals surface area contributed by atoms with Crippen molar-refractivity contribution in [3.8, 4) is 12.3 Å². The zero-order chi connectivity index (χ0) is 18.4. The number of amides is 2. The molecule has 2 aliphatic rings. The lowest BCUT2D eigenvalue weighted by atomic mass is 9.92. The Bertz CT molecular complexity index is 565. The molecule has 0 bridgehead atoms. The Morgan fingerprint density at radius 2 is 2.20 bits per heavy atom. The fourth-order valence-corrected chi connectivity index (χ4v) is 3.67. The van der Waals surface area contributed by atoms with E-state index in [1.54, 1.807) is 0 Å². The van der Waals surface area contributed by atoms with Crippen molar-refractivity contribution < 1.29 is 14.3 Å². The Morgan fingerprint density at radius 3 is 2.76 bits per heavy atom. The van der Waals surface area contributed by atoms with Gasteiger partial charge in [-0.3, -0.25) is 15.1 Å². The Hall–Kier alpha value is -2.07. The molecule has 7 heteroatoms. The summed E-state index contributed by atoms with van der Waals surface area (Å²) in [6, 6.07) is -0.616. The molecule has 3 atom stereocenters. The number of likely N-dealkylation sites (tertiary alicyclic amines) is 1. The van der Waals surface area contributed by atoms with E-state index in [2.05, 4.69) is 21.5 Å². The molecule has 1 saturated heterocycles. The van der Waals surface area contributed by atoms with Crippen LogP contribution >= 0.6 is 0 Å². The van der Waals surface area contributed by atoms with Gasteiger partial charge in [0.05, 0.1) is 18.9 Å². The van der Waals surface area contributed by atoms with Crippen LogP contribution in [-0.4, -0.2) is 61.1 Å². The molecule has 3 unspecified atom stereocenters. The van der Waals surface area contributed by atoms with Crippen LogP contribution in [0.4, 0.5) is 4.79 Å². The quantitative estimate of drug-likeness (QED) is 0.705. The third kappa shape index (κ3) is 4.31. The van der Waals surface area contributed by atoms with Gasteiger partial charge in [0.15, 0.2) is 0 Å². The van der Waals surface area contributed by atoms with E-state index < -0.39 is 12.1 Å². The first kappa shape index (κ1) is 19.3. The number of carbonyl (C=O) groups excluding carboxylic acids is 2. The van der Waals surface area contributed by atoms with Crippen molar-refractivity contribution in [1.29, 1.82) is 0 Å². The molecule has 0 aromatic carbocycles. The number of aliphatic imine (C=N–C) groups is 1. The first-order valence-corrected chi connectivity index (χ1v) is 8.97. The fraction of sp³-hybridized carbons (Fsp3) is 0.722. The average molecular weight is 348 g/mol. The maximum absolute atomic E-state index is 13.2. The lowest BCUT2D eigenvalue weighted by Crippen LogP contribution is -2.56. The molecule has 0 radical (unpaired) electrons. The van der Waals surface area contributed by atoms with Crippen LogP contribution < -0.4 is 10.6 Å². The van der Waals surface area contributed by atoms with Gasteiger partial charge in [-0.2, -0.15) is 0 Å². The maximum Gasteiger partial charge on any atom is 0.407 e. The normalized spacial score (nSPS) is 24.0. The van der Waals surface area contributed by atoms with Gasteiger partial charge in [-0.25, -0.2) is 4.79 Å². The highest BCUT2D eigenvalue weighted by molar-refractivity contribution is 6.02. The molecule has 2 amide bonds. The lowest BCUT2D eigenvalue weighted by Gasteiger charge is -2.34. The molecule has 138 valence electrons. The standard InChI is InChI=1S/C18H28N4O3/c1-5-12(6-2)15(21-18(24)25-4)17(23)22-10-8-9-14(22)16-19-11-13(7-3)20-16/h3,12,14-16,19H,5-6,8-11H2,1-2,4H3,(H,21,24). The van der Waals surface area contributed by atoms with Gasteiger partial charge in [-0.15, -0.1) is 6.42 Å². The Kier molecular flexibility index (Phi) is 6.82. The second-order valence-corrected chi connectivity index (χ2v) is 6.48. The number of carbonyl (C=O) groups is 2. The van der Waals surface area contributed by atoms with Crippen LogP contribution in [0.5, 0.6) is 0 Å². The summed E-state index contributed by atoms with van der Waals surface area (Å²) in [6.45, 7) is 5.28. The van der Waals surface area contributed by atoms with E-state index >= 15 is 0 Å². The van der Waals surface area contributed by atoms with E-state index in [1.807, 2.05) is 18.7 Å². The van der Waals surface area contributed by atoms with Gasteiger partial charge >= 0.3 is 6.09 Å². The van der Waals surface area contributed by atoms with Crippen molar-refractivity contribution in [3.05, 3.63) is 0 Å². The van der Waals surface area contributed by atoms with Crippen molar-refractivity contribution in [3.63, 3.8) is 0 Å². The number of alkyl carbamates (subject to hydrolysis) is 1. The van der Waals surface area contributed by atoms with E-state index in [0.717, 1.165) is 25.7 Å². The monoisotopic (exact) mass is 348 g/mol. The average Bonchev–Trinajstić information content (AvgIpc) is 3.29. The fourth-order valence-electron chi connectivity index (χ4n) is 3.67. The maximum atomic E-state index is 13.2. The number of nitrogens with zero attached hydrogens (tertiary/aromatic N) is 2. The second-order valence-electron chi connectivity index (χ2n) is 6.48. The molecule has 25 heavy (non-hydrogen) atoms. The smallest absolute Gasteiger partial charge is 0.407 e. The second kappa shape index (κ2) is 8.86. The molecule has 1 fully saturated rings. The van der Waals surface area contributed by atoms with Crippen LogP contribution in [0, 0.1) is 18.3 Å². The van der Waals surface area contributed by atoms with Crippen molar-refractivity contribution in [2.75, 3.05) is 20.2 Å². The summed E-state index contributed by atoms with van der Waals surface area (Å²) in [7, 11) is 1.31. The molecular formula is C18H28N4O3. The molecule has 0 saturated carbocycles. The van der Waals surface area contributed by atoms with Gasteiger partial charge in [-0.1, -0.05) is 32.6 Å². The van der Waals surface area contributed by atoms with Crippen molar-refractivity contribution in [1.82, 2.24) is 15.5 Å². The van der Waals surface area contributed by atoms with E-state index in [9.17, 15) is 9.59 Å². The number of ether oxygens (including phenoxy) is 1. The predicted molar refractivity (Wildman–Crippen MR) is 96.2 cm³/mol. The van der Waals surface area contributed by atoms with Gasteiger partial charge in [0.2, 0.25) is 5.91 Å². The number of rotatable bonds is 6. The van der Waals surface area contributed by atoms with E-state index in [-0.39, 0.29) is 24.0 Å². The number of nitrogens with one attached hydrogen (secondary N) is 2. The van der Waals surface area contributed by atoms with E-state index in [0.29, 0.717) is 18.8 Å². The summed E-state index contributed by atoms with van der Waals surface area (Å²) in [5.74, 6) is 2.57. The largest absolute Gasteiger partial charge is 0.453 e. The first-order valence-electron chi connectivity index (χ1n) is 8.97. The topological polar surface area (TPSA) is 83.0 Å². The summed E-state index contributed by atoms with van der Waals surface area (Å²) in [4.78, 5) is 31.3. The van der Waals surface area contributed by atoms with Crippen LogP contribution in [-0.2, 0) is 9.53 Å². The van der Waals surface area contributed by atoms with Gasteiger partial charge in [0.1, 0.15) is 12.2 Å². The van der Waals surface area contributed by atoms with Gasteiger partial charge in [-0.05, 0) is 18.8 Å². The van der Waals surface area contributed by atoms with Gasteiger partial charge < -0.3 is 15.0 Å². The summed E-state index contributed by atoms with van der Waals surface area (Å²) < 4.78 is 4.71. The number of hydrogen-bond donors (Lipinski definition) is 2. The van der Waals surface area contributed by atoms with Gasteiger partial charge in [0.25, 0.3) is 0 Å². The summed E-state index contributed by atoms with van der Waals surface area (Å²) in [6.07, 6.45) is 8.07. The zero-order valence-corrected chi connectivity index (χ0v) is 15.2. The first-order chi connectivity index (χ1) is 12.0. The predicted octanol–water partition coefficient (Wildman–Crippen LogP) is 1.14. The summed E-state index contributed by atoms with van der Waals surface area (Å²) in [5.41, 5.74) is 0.688. The van der Waals surface area contributed by atoms with Crippen LogP contribution in [0.25, 0.3) is 0 Å². The molecule has 0 spiro atoms. The number of terminal acetylenes is 1. The molecule has 0 aromatic heterocycles. The molecule has 2 rings (SSSR count). The number of methoxy groups -OCH3 is 1. The van der Waals surface area contributed by atoms with Gasteiger partial charge in [0, 0.05) is 13.1 Å². The Balaban J connectivity index is 2.17. The molecular weight excluding hydrogens is 320 g/mol. The van der Waals surface area contributed by atoms with E-state index in [1.165, 1.54) is 7.11 Å². The highest BCUT2D eigenvalue weighted by Gasteiger charge is 2.40. The van der Waals surface area contributed by atoms with Crippen molar-refractivity contribution in [2.45, 2.75) is 57.8 Å². The van der Waals surface area contributed by atoms with Crippen molar-refractivity contribution >= 4 is 17.7 Å². The van der Waals surface area contributed by atoms with Crippen LogP contribution in [0.1, 0.15) is 39.5 Å². The third-order valence-electron chi connectivity index (χ3n) is 5.13. The highest BCUT2D eigenvalue weighted by Crippen LogP contribution is 2.26. The Labute approximate surface area is 149 Å². The molecule has 2 heterocycles. The molecule has 2 N–H and O–H groups in total.